The molecular weight excluding hydrogens is 257 g/mol. The molecule has 0 unspecified atom stereocenters. The van der Waals surface area contributed by atoms with Gasteiger partial charge < -0.3 is 11.1 Å². The van der Waals surface area contributed by atoms with Gasteiger partial charge in [0.1, 0.15) is 0 Å². The van der Waals surface area contributed by atoms with Crippen LogP contribution in [0.1, 0.15) is 11.3 Å². The van der Waals surface area contributed by atoms with Crippen molar-refractivity contribution in [1.29, 1.82) is 0 Å². The van der Waals surface area contributed by atoms with Gasteiger partial charge in [-0.3, -0.25) is 0 Å². The Kier molecular flexibility index (Phi) is 3.66. The predicted molar refractivity (Wildman–Crippen MR) is 64.7 cm³/mol. The van der Waals surface area contributed by atoms with Gasteiger partial charge in [-0.15, -0.1) is 0 Å². The molecule has 1 heterocycles. The molecule has 0 aliphatic carbocycles. The summed E-state index contributed by atoms with van der Waals surface area (Å²) in [5, 5.41) is 2.56. The molecule has 0 saturated heterocycles. The van der Waals surface area contributed by atoms with Crippen molar-refractivity contribution >= 4 is 11.6 Å². The van der Waals surface area contributed by atoms with Crippen LogP contribution in [0, 0.1) is 0 Å². The Morgan fingerprint density at radius 1 is 1.16 bits per heavy atom. The molecule has 19 heavy (non-hydrogen) atoms. The van der Waals surface area contributed by atoms with Gasteiger partial charge in [0.15, 0.2) is 0 Å². The van der Waals surface area contributed by atoms with E-state index in [1.54, 1.807) is 6.07 Å². The Bertz CT molecular complexity index is 569. The molecule has 7 heteroatoms. The first-order chi connectivity index (χ1) is 9.00. The van der Waals surface area contributed by atoms with Crippen LogP contribution >= 0.6 is 0 Å². The normalized spacial score (nSPS) is 11.4. The van der Waals surface area contributed by atoms with Gasteiger partial charge in [-0.1, -0.05) is 12.1 Å². The third kappa shape index (κ3) is 3.19. The minimum absolute atomic E-state index is 0.0830. The van der Waals surface area contributed by atoms with Crippen molar-refractivity contribution in [3.8, 4) is 0 Å². The van der Waals surface area contributed by atoms with Gasteiger partial charge in [0, 0.05) is 12.7 Å². The van der Waals surface area contributed by atoms with E-state index >= 15 is 0 Å². The highest BCUT2D eigenvalue weighted by molar-refractivity contribution is 5.59. The minimum atomic E-state index is -4.44. The summed E-state index contributed by atoms with van der Waals surface area (Å²) in [6, 6.07) is 6.74. The highest BCUT2D eigenvalue weighted by Gasteiger charge is 2.33. The molecule has 0 spiro atoms. The molecule has 0 radical (unpaired) electrons. The maximum absolute atomic E-state index is 12.8. The average Bonchev–Trinajstić information content (AvgIpc) is 2.38. The number of alkyl halides is 3. The van der Waals surface area contributed by atoms with Crippen LogP contribution in [0.5, 0.6) is 0 Å². The number of hydrogen-bond donors (Lipinski definition) is 2. The number of nitrogens with one attached hydrogen (secondary N) is 1. The van der Waals surface area contributed by atoms with E-state index in [0.717, 1.165) is 6.07 Å². The first-order valence-electron chi connectivity index (χ1n) is 5.46. The molecule has 2 rings (SSSR count). The Morgan fingerprint density at radius 2 is 1.89 bits per heavy atom. The zero-order valence-corrected chi connectivity index (χ0v) is 9.78. The van der Waals surface area contributed by atoms with Crippen molar-refractivity contribution in [3.63, 3.8) is 0 Å². The molecule has 100 valence electrons. The number of halogens is 3. The Labute approximate surface area is 107 Å². The summed E-state index contributed by atoms with van der Waals surface area (Å²) in [6.07, 6.45) is -3.00. The van der Waals surface area contributed by atoms with Gasteiger partial charge in [-0.05, 0) is 18.2 Å². The predicted octanol–water partition coefficient (Wildman–Crippen LogP) is 2.70. The number of rotatable bonds is 3. The molecule has 0 atom stereocenters. The number of nitrogens with zero attached hydrogens (tertiary/aromatic N) is 2. The summed E-state index contributed by atoms with van der Waals surface area (Å²) >= 11 is 0. The van der Waals surface area contributed by atoms with Crippen LogP contribution in [0.25, 0.3) is 0 Å². The molecule has 0 fully saturated rings. The molecule has 3 N–H and O–H groups in total. The number of aromatic nitrogens is 2. The Morgan fingerprint density at radius 3 is 2.58 bits per heavy atom. The second-order valence-corrected chi connectivity index (χ2v) is 3.74. The van der Waals surface area contributed by atoms with Crippen LogP contribution in [-0.2, 0) is 12.7 Å². The second-order valence-electron chi connectivity index (χ2n) is 3.74. The van der Waals surface area contributed by atoms with Gasteiger partial charge >= 0.3 is 6.18 Å². The number of anilines is 2. The smallest absolute Gasteiger partial charge is 0.325 e. The van der Waals surface area contributed by atoms with Crippen LogP contribution in [-0.4, -0.2) is 9.97 Å². The van der Waals surface area contributed by atoms with Crippen LogP contribution in [0.15, 0.2) is 36.5 Å². The summed E-state index contributed by atoms with van der Waals surface area (Å²) in [6.45, 7) is 0.193. The lowest BCUT2D eigenvalue weighted by Gasteiger charge is -2.13. The number of nitrogens with two attached hydrogens (primary N) is 1. The summed E-state index contributed by atoms with van der Waals surface area (Å²) in [7, 11) is 0. The molecule has 0 aliphatic rings. The quantitative estimate of drug-likeness (QED) is 0.898. The summed E-state index contributed by atoms with van der Waals surface area (Å²) in [5.74, 6) is 0.0830. The Balaban J connectivity index is 2.33. The van der Waals surface area contributed by atoms with Gasteiger partial charge in [0.05, 0.1) is 16.9 Å². The van der Waals surface area contributed by atoms with E-state index in [0.29, 0.717) is 5.69 Å². The van der Waals surface area contributed by atoms with Gasteiger partial charge in [-0.2, -0.15) is 13.2 Å². The summed E-state index contributed by atoms with van der Waals surface area (Å²) < 4.78 is 38.4. The third-order valence-corrected chi connectivity index (χ3v) is 2.40. The topological polar surface area (TPSA) is 63.8 Å². The van der Waals surface area contributed by atoms with Gasteiger partial charge in [0.25, 0.3) is 0 Å². The van der Waals surface area contributed by atoms with E-state index in [-0.39, 0.29) is 18.2 Å². The fourth-order valence-electron chi connectivity index (χ4n) is 1.53. The number of benzene rings is 1. The fourth-order valence-corrected chi connectivity index (χ4v) is 1.53. The van der Waals surface area contributed by atoms with Crippen LogP contribution in [0.2, 0.25) is 0 Å². The van der Waals surface area contributed by atoms with Gasteiger partial charge in [-0.25, -0.2) is 9.97 Å². The molecule has 4 nitrogen and oxygen atoms in total. The third-order valence-electron chi connectivity index (χ3n) is 2.40. The average molecular weight is 268 g/mol. The van der Waals surface area contributed by atoms with Crippen LogP contribution in [0.4, 0.5) is 24.8 Å². The van der Waals surface area contributed by atoms with Crippen molar-refractivity contribution < 1.29 is 13.2 Å². The van der Waals surface area contributed by atoms with Crippen molar-refractivity contribution in [2.45, 2.75) is 12.7 Å². The van der Waals surface area contributed by atoms with Crippen molar-refractivity contribution in [2.24, 2.45) is 5.73 Å². The lowest BCUT2D eigenvalue weighted by molar-refractivity contribution is -0.136. The monoisotopic (exact) mass is 268 g/mol. The molecule has 2 aromatic rings. The number of hydrogen-bond acceptors (Lipinski definition) is 4. The van der Waals surface area contributed by atoms with Gasteiger partial charge in [0.2, 0.25) is 5.95 Å². The zero-order valence-electron chi connectivity index (χ0n) is 9.78. The van der Waals surface area contributed by atoms with E-state index in [1.165, 1.54) is 24.4 Å². The standard InChI is InChI=1S/C12H11F3N4/c13-12(14,15)9-3-1-2-4-10(9)19-11-17-6-5-8(7-16)18-11/h1-6H,7,16H2,(H,17,18,19). The Hall–Kier alpha value is -2.15. The van der Waals surface area contributed by atoms with E-state index in [2.05, 4.69) is 15.3 Å². The molecule has 0 saturated carbocycles. The van der Waals surface area contributed by atoms with Crippen molar-refractivity contribution in [3.05, 3.63) is 47.8 Å². The molecule has 0 bridgehead atoms. The highest BCUT2D eigenvalue weighted by Crippen LogP contribution is 2.35. The lowest BCUT2D eigenvalue weighted by atomic mass is 10.1. The maximum atomic E-state index is 12.8. The SMILES string of the molecule is NCc1ccnc(Nc2ccccc2C(F)(F)F)n1. The number of para-hydroxylation sites is 1. The summed E-state index contributed by atoms with van der Waals surface area (Å²) in [4.78, 5) is 7.86. The highest BCUT2D eigenvalue weighted by atomic mass is 19.4. The second kappa shape index (κ2) is 5.23. The molecule has 1 aromatic carbocycles. The molecule has 0 aliphatic heterocycles. The zero-order chi connectivity index (χ0) is 13.9. The summed E-state index contributed by atoms with van der Waals surface area (Å²) in [5.41, 5.74) is 5.10. The maximum Gasteiger partial charge on any atom is 0.418 e. The lowest BCUT2D eigenvalue weighted by Crippen LogP contribution is -2.10. The van der Waals surface area contributed by atoms with E-state index in [4.69, 9.17) is 5.73 Å². The molecular formula is C12H11F3N4. The van der Waals surface area contributed by atoms with Crippen LogP contribution in [0.3, 0.4) is 0 Å². The fraction of sp³-hybridized carbons (Fsp3) is 0.167. The molecule has 0 amide bonds. The molecule has 1 aromatic heterocycles. The van der Waals surface area contributed by atoms with Crippen molar-refractivity contribution in [1.82, 2.24) is 9.97 Å². The van der Waals surface area contributed by atoms with Crippen molar-refractivity contribution in [2.75, 3.05) is 5.32 Å². The van der Waals surface area contributed by atoms with E-state index < -0.39 is 11.7 Å². The first-order valence-corrected chi connectivity index (χ1v) is 5.46. The van der Waals surface area contributed by atoms with E-state index in [9.17, 15) is 13.2 Å². The first kappa shape index (κ1) is 13.3. The largest absolute Gasteiger partial charge is 0.418 e. The van der Waals surface area contributed by atoms with Crippen LogP contribution < -0.4 is 11.1 Å². The van der Waals surface area contributed by atoms with E-state index in [1.807, 2.05) is 0 Å². The minimum Gasteiger partial charge on any atom is -0.325 e.